The second kappa shape index (κ2) is 6.74. The Morgan fingerprint density at radius 1 is 1.04 bits per heavy atom. The topological polar surface area (TPSA) is 76.6 Å². The minimum atomic E-state index is -0.337. The van der Waals surface area contributed by atoms with Crippen LogP contribution in [0.15, 0.2) is 66.2 Å². The van der Waals surface area contributed by atoms with E-state index in [9.17, 15) is 9.59 Å². The SMILES string of the molecule is Cc1ccccc1NC(=O)c1c(N)c(C(=O)c2cccs2)n2ccccc12. The van der Waals surface area contributed by atoms with E-state index in [1.807, 2.05) is 48.7 Å². The Morgan fingerprint density at radius 2 is 1.81 bits per heavy atom. The first-order valence-corrected chi connectivity index (χ1v) is 9.29. The molecule has 4 aromatic rings. The number of para-hydroxylation sites is 1. The zero-order valence-electron chi connectivity index (χ0n) is 14.6. The molecule has 134 valence electrons. The van der Waals surface area contributed by atoms with Crippen LogP contribution in [0.5, 0.6) is 0 Å². The number of nitrogens with two attached hydrogens (primary N) is 1. The Bertz CT molecular complexity index is 1160. The Balaban J connectivity index is 1.84. The van der Waals surface area contributed by atoms with Gasteiger partial charge in [-0.15, -0.1) is 11.3 Å². The minimum absolute atomic E-state index is 0.186. The number of nitrogens with one attached hydrogen (secondary N) is 1. The predicted octanol–water partition coefficient (Wildman–Crippen LogP) is 4.37. The highest BCUT2D eigenvalue weighted by Gasteiger charge is 2.26. The summed E-state index contributed by atoms with van der Waals surface area (Å²) in [7, 11) is 0. The van der Waals surface area contributed by atoms with Gasteiger partial charge in [-0.2, -0.15) is 0 Å². The number of rotatable bonds is 4. The number of anilines is 2. The van der Waals surface area contributed by atoms with E-state index >= 15 is 0 Å². The number of hydrogen-bond acceptors (Lipinski definition) is 4. The lowest BCUT2D eigenvalue weighted by Crippen LogP contribution is -2.14. The number of amides is 1. The average Bonchev–Trinajstić information content (AvgIpc) is 3.29. The van der Waals surface area contributed by atoms with Gasteiger partial charge in [-0.25, -0.2) is 0 Å². The van der Waals surface area contributed by atoms with Crippen LogP contribution in [0.3, 0.4) is 0 Å². The fourth-order valence-electron chi connectivity index (χ4n) is 3.12. The van der Waals surface area contributed by atoms with Crippen molar-refractivity contribution in [3.8, 4) is 0 Å². The monoisotopic (exact) mass is 375 g/mol. The molecule has 0 atom stereocenters. The average molecular weight is 375 g/mol. The van der Waals surface area contributed by atoms with Gasteiger partial charge < -0.3 is 15.5 Å². The number of nitrogens with zero attached hydrogens (tertiary/aromatic N) is 1. The maximum Gasteiger partial charge on any atom is 0.259 e. The van der Waals surface area contributed by atoms with Crippen molar-refractivity contribution in [3.05, 3.63) is 87.9 Å². The lowest BCUT2D eigenvalue weighted by atomic mass is 10.1. The van der Waals surface area contributed by atoms with Crippen LogP contribution in [0.1, 0.15) is 31.3 Å². The van der Waals surface area contributed by atoms with Crippen molar-refractivity contribution in [1.82, 2.24) is 4.40 Å². The number of ketones is 1. The molecule has 27 heavy (non-hydrogen) atoms. The summed E-state index contributed by atoms with van der Waals surface area (Å²) in [5.41, 5.74) is 9.37. The van der Waals surface area contributed by atoms with Crippen molar-refractivity contribution >= 4 is 39.9 Å². The van der Waals surface area contributed by atoms with Gasteiger partial charge in [-0.1, -0.05) is 30.3 Å². The number of aromatic nitrogens is 1. The molecule has 0 spiro atoms. The summed E-state index contributed by atoms with van der Waals surface area (Å²) in [5, 5.41) is 4.74. The first kappa shape index (κ1) is 17.1. The first-order chi connectivity index (χ1) is 13.1. The molecule has 0 fully saturated rings. The van der Waals surface area contributed by atoms with Crippen LogP contribution < -0.4 is 11.1 Å². The number of fused-ring (bicyclic) bond motifs is 1. The van der Waals surface area contributed by atoms with E-state index in [4.69, 9.17) is 5.73 Å². The van der Waals surface area contributed by atoms with Gasteiger partial charge in [0.2, 0.25) is 5.78 Å². The smallest absolute Gasteiger partial charge is 0.259 e. The van der Waals surface area contributed by atoms with Gasteiger partial charge >= 0.3 is 0 Å². The number of aryl methyl sites for hydroxylation is 1. The molecule has 0 unspecified atom stereocenters. The lowest BCUT2D eigenvalue weighted by Gasteiger charge is -2.08. The molecule has 1 aromatic carbocycles. The summed E-state index contributed by atoms with van der Waals surface area (Å²) in [6.07, 6.45) is 1.75. The van der Waals surface area contributed by atoms with E-state index in [1.54, 1.807) is 28.8 Å². The Kier molecular flexibility index (Phi) is 4.25. The van der Waals surface area contributed by atoms with E-state index in [0.29, 0.717) is 27.3 Å². The summed E-state index contributed by atoms with van der Waals surface area (Å²) in [5.74, 6) is -0.533. The maximum absolute atomic E-state index is 13.0. The Hall–Kier alpha value is -3.38. The van der Waals surface area contributed by atoms with Crippen molar-refractivity contribution in [2.45, 2.75) is 6.92 Å². The van der Waals surface area contributed by atoms with E-state index in [0.717, 1.165) is 5.56 Å². The number of hydrogen-bond donors (Lipinski definition) is 2. The molecule has 0 radical (unpaired) electrons. The van der Waals surface area contributed by atoms with Gasteiger partial charge in [0.05, 0.1) is 21.6 Å². The van der Waals surface area contributed by atoms with Crippen molar-refractivity contribution in [2.75, 3.05) is 11.1 Å². The first-order valence-electron chi connectivity index (χ1n) is 8.41. The zero-order chi connectivity index (χ0) is 19.0. The number of thiophene rings is 1. The molecule has 1 amide bonds. The molecular weight excluding hydrogens is 358 g/mol. The maximum atomic E-state index is 13.0. The molecule has 0 aliphatic rings. The quantitative estimate of drug-likeness (QED) is 0.520. The third-order valence-corrected chi connectivity index (χ3v) is 5.33. The number of carbonyl (C=O) groups excluding carboxylic acids is 2. The fraction of sp³-hybridized carbons (Fsp3) is 0.0476. The number of carbonyl (C=O) groups is 2. The molecule has 6 heteroatoms. The van der Waals surface area contributed by atoms with Crippen LogP contribution in [-0.2, 0) is 0 Å². The highest BCUT2D eigenvalue weighted by Crippen LogP contribution is 2.30. The summed E-state index contributed by atoms with van der Waals surface area (Å²) in [6, 6.07) is 16.5. The molecule has 0 aliphatic heterocycles. The third-order valence-electron chi connectivity index (χ3n) is 4.46. The summed E-state index contributed by atoms with van der Waals surface area (Å²) in [4.78, 5) is 26.6. The van der Waals surface area contributed by atoms with Gasteiger partial charge in [0, 0.05) is 11.9 Å². The molecule has 0 bridgehead atoms. The zero-order valence-corrected chi connectivity index (χ0v) is 15.4. The number of nitrogen functional groups attached to an aromatic ring is 1. The molecule has 0 saturated heterocycles. The van der Waals surface area contributed by atoms with Gasteiger partial charge in [-0.3, -0.25) is 9.59 Å². The molecule has 5 nitrogen and oxygen atoms in total. The Morgan fingerprint density at radius 3 is 2.56 bits per heavy atom. The van der Waals surface area contributed by atoms with Crippen LogP contribution in [0.4, 0.5) is 11.4 Å². The lowest BCUT2D eigenvalue weighted by molar-refractivity contribution is 0.102. The molecule has 3 heterocycles. The molecule has 3 aromatic heterocycles. The van der Waals surface area contributed by atoms with Crippen LogP contribution >= 0.6 is 11.3 Å². The molecular formula is C21H17N3O2S. The molecule has 0 aliphatic carbocycles. The van der Waals surface area contributed by atoms with Gasteiger partial charge in [-0.05, 0) is 42.1 Å². The largest absolute Gasteiger partial charge is 0.396 e. The van der Waals surface area contributed by atoms with Gasteiger partial charge in [0.25, 0.3) is 5.91 Å². The van der Waals surface area contributed by atoms with Crippen LogP contribution in [0.25, 0.3) is 5.52 Å². The van der Waals surface area contributed by atoms with Crippen LogP contribution in [0, 0.1) is 6.92 Å². The van der Waals surface area contributed by atoms with Crippen molar-refractivity contribution in [3.63, 3.8) is 0 Å². The third kappa shape index (κ3) is 2.90. The highest BCUT2D eigenvalue weighted by molar-refractivity contribution is 7.12. The van der Waals surface area contributed by atoms with Crippen molar-refractivity contribution in [1.29, 1.82) is 0 Å². The van der Waals surface area contributed by atoms with E-state index in [-0.39, 0.29) is 17.4 Å². The normalized spacial score (nSPS) is 10.9. The molecule has 0 saturated carbocycles. The highest BCUT2D eigenvalue weighted by atomic mass is 32.1. The predicted molar refractivity (Wildman–Crippen MR) is 109 cm³/mol. The molecule has 3 N–H and O–H groups in total. The second-order valence-electron chi connectivity index (χ2n) is 6.17. The molecule has 4 rings (SSSR count). The second-order valence-corrected chi connectivity index (χ2v) is 7.12. The fourth-order valence-corrected chi connectivity index (χ4v) is 3.79. The van der Waals surface area contributed by atoms with Crippen LogP contribution in [-0.4, -0.2) is 16.1 Å². The van der Waals surface area contributed by atoms with Crippen molar-refractivity contribution in [2.24, 2.45) is 0 Å². The van der Waals surface area contributed by atoms with Gasteiger partial charge in [0.15, 0.2) is 0 Å². The van der Waals surface area contributed by atoms with E-state index in [1.165, 1.54) is 11.3 Å². The van der Waals surface area contributed by atoms with E-state index < -0.39 is 0 Å². The van der Waals surface area contributed by atoms with E-state index in [2.05, 4.69) is 5.32 Å². The van der Waals surface area contributed by atoms with Crippen molar-refractivity contribution < 1.29 is 9.59 Å². The number of pyridine rings is 1. The summed E-state index contributed by atoms with van der Waals surface area (Å²) in [6.45, 7) is 1.92. The number of benzene rings is 1. The standard InChI is InChI=1S/C21H17N3O2S/c1-13-7-2-3-8-14(13)23-21(26)17-15-9-4-5-11-24(15)19(18(17)22)20(25)16-10-6-12-27-16/h2-12H,22H2,1H3,(H,23,26). The van der Waals surface area contributed by atoms with Crippen LogP contribution in [0.2, 0.25) is 0 Å². The minimum Gasteiger partial charge on any atom is -0.396 e. The summed E-state index contributed by atoms with van der Waals surface area (Å²) < 4.78 is 1.68. The van der Waals surface area contributed by atoms with Gasteiger partial charge in [0.1, 0.15) is 5.69 Å². The Labute approximate surface area is 160 Å². The summed E-state index contributed by atoms with van der Waals surface area (Å²) >= 11 is 1.35.